The third-order valence-electron chi connectivity index (χ3n) is 12.8. The molecule has 3 aromatic rings. The quantitative estimate of drug-likeness (QED) is 0.0245. The number of unbranched alkanes of at least 4 members (excludes halogenated alkanes) is 6. The summed E-state index contributed by atoms with van der Waals surface area (Å²) in [5.74, 6) is 0.283. The number of nitrogens with zero attached hydrogens (tertiary/aromatic N) is 20. The lowest BCUT2D eigenvalue weighted by Crippen LogP contribution is -2.25. The van der Waals surface area contributed by atoms with Crippen molar-refractivity contribution in [3.8, 4) is 0 Å². The number of hydrogen-bond acceptors (Lipinski definition) is 16. The Kier molecular flexibility index (Phi) is 43.7. The van der Waals surface area contributed by atoms with Gasteiger partial charge in [0.05, 0.1) is 0 Å². The maximum atomic E-state index is 11.6. The monoisotopic (exact) mass is 1230 g/mol. The molecular weight excluding hydrogens is 1130 g/mol. The van der Waals surface area contributed by atoms with Crippen molar-refractivity contribution >= 4 is 40.6 Å². The Morgan fingerprint density at radius 2 is 0.798 bits per heavy atom. The van der Waals surface area contributed by atoms with E-state index in [2.05, 4.69) is 139 Å². The molecule has 4 aliphatic heterocycles. The molecule has 0 bridgehead atoms. The summed E-state index contributed by atoms with van der Waals surface area (Å²) in [5.41, 5.74) is 35.8. The average molecular weight is 1230 g/mol. The number of ketones is 1. The summed E-state index contributed by atoms with van der Waals surface area (Å²) in [6.45, 7) is 27.4. The highest BCUT2D eigenvalue weighted by molar-refractivity contribution is 5.95. The summed E-state index contributed by atoms with van der Waals surface area (Å²) in [6, 6.07) is 20.4. The first-order chi connectivity index (χ1) is 42.6. The molecule has 89 heavy (non-hydrogen) atoms. The molecule has 0 saturated heterocycles. The standard InChI is InChI=1S/C12H22N2O.C11H14N4O.C10H12N4O.C8H15N3O.C7H7N3.C6H12N2.C5H10N2.C3H7N3/c1-3-4-5-6-7-8-11(15)9-10-12(2)13-14-12;1-2-3-8-13-11(16)9-4-6-10(7-5-9)14-15-12;1-2-7-12-10(15)8-3-5-9(6-4-8)13-14-11;1-3-6-9-7(12)4-5-8(2)10-11-8;1-6-2-4-7(5-3-6)9-10-8;1-3-4-5-6(2)7-8-6;1-3-4-5(2)6-7-5;1-2-3-5-6-4/h3-10H2,1-2H3;4-7H,2-3,8H2,1H3,(H,13,16);3-6H,2,7H2,1H3,(H,12,15);3-6H2,1-2H3,(H,9,12);2-5H,1H3;3-5H2,1-2H3;3-4H2,1-2H3;2-3H2,1H3. The number of amides is 3. The number of carbonyl (C=O) groups is 4. The number of azide groups is 4. The van der Waals surface area contributed by atoms with Crippen molar-refractivity contribution in [2.24, 2.45) is 61.4 Å². The molecule has 0 aromatic heterocycles. The highest BCUT2D eigenvalue weighted by atomic mass is 16.2. The summed E-state index contributed by atoms with van der Waals surface area (Å²) >= 11 is 0. The van der Waals surface area contributed by atoms with Crippen LogP contribution in [0.5, 0.6) is 0 Å². The molecule has 4 aliphatic rings. The topological polar surface area (TPSA) is 398 Å². The van der Waals surface area contributed by atoms with Crippen LogP contribution in [0.2, 0.25) is 0 Å². The maximum Gasteiger partial charge on any atom is 0.251 e. The van der Waals surface area contributed by atoms with Crippen molar-refractivity contribution in [2.75, 3.05) is 26.2 Å². The lowest BCUT2D eigenvalue weighted by Gasteiger charge is -2.04. The van der Waals surface area contributed by atoms with E-state index in [0.29, 0.717) is 66.4 Å². The highest BCUT2D eigenvalue weighted by Crippen LogP contribution is 2.34. The first kappa shape index (κ1) is 80.4. The van der Waals surface area contributed by atoms with Crippen LogP contribution in [0.15, 0.2) is 134 Å². The summed E-state index contributed by atoms with van der Waals surface area (Å²) in [5, 5.41) is 52.9. The van der Waals surface area contributed by atoms with E-state index in [0.717, 1.165) is 82.7 Å². The van der Waals surface area contributed by atoms with Crippen LogP contribution >= 0.6 is 0 Å². The molecule has 0 atom stereocenters. The average Bonchev–Trinajstić information content (AvgIpc) is 2.49. The number of Topliss-reactive ketones (excluding diaryl/α,β-unsaturated/α-hetero) is 1. The fourth-order valence-electron chi connectivity index (χ4n) is 6.95. The van der Waals surface area contributed by atoms with Gasteiger partial charge in [-0.2, -0.15) is 40.9 Å². The van der Waals surface area contributed by atoms with E-state index in [9.17, 15) is 19.2 Å². The minimum absolute atomic E-state index is 0.0503. The maximum absolute atomic E-state index is 11.6. The van der Waals surface area contributed by atoms with Crippen molar-refractivity contribution in [2.45, 2.75) is 234 Å². The van der Waals surface area contributed by atoms with Crippen molar-refractivity contribution in [3.05, 3.63) is 131 Å². The molecule has 3 aromatic carbocycles. The van der Waals surface area contributed by atoms with Crippen LogP contribution in [0.3, 0.4) is 0 Å². The van der Waals surface area contributed by atoms with Crippen LogP contribution in [0, 0.1) is 6.92 Å². The second-order valence-electron chi connectivity index (χ2n) is 21.9. The summed E-state index contributed by atoms with van der Waals surface area (Å²) in [4.78, 5) is 56.1. The molecule has 27 nitrogen and oxygen atoms in total. The van der Waals surface area contributed by atoms with Gasteiger partial charge in [-0.1, -0.05) is 174 Å². The fraction of sp³-hybridized carbons (Fsp3) is 0.645. The molecule has 0 aliphatic carbocycles. The van der Waals surface area contributed by atoms with Crippen LogP contribution in [0.1, 0.15) is 231 Å². The van der Waals surface area contributed by atoms with Gasteiger partial charge in [-0.25, -0.2) is 0 Å². The van der Waals surface area contributed by atoms with Crippen LogP contribution in [0.4, 0.5) is 17.1 Å². The number of nitrogens with one attached hydrogen (secondary N) is 3. The SMILES string of the molecule is CCCC1(C)N=N1.CCCCC1(C)N=N1.CCCCCCCC(=O)CCC1(C)N=N1.CCCCNC(=O)c1ccc(N=[N+]=[N-])cc1.CCCN=[N+]=[N-].CCCNC(=O)CCC1(C)N=N1.CCCNC(=O)c1ccc(N=[N+]=[N-])cc1.Cc1ccc(N=[N+]=[N-])cc1. The predicted molar refractivity (Wildman–Crippen MR) is 352 cm³/mol. The van der Waals surface area contributed by atoms with Crippen LogP contribution in [-0.2, 0) is 9.59 Å². The Morgan fingerprint density at radius 1 is 0.404 bits per heavy atom. The molecule has 0 radical (unpaired) electrons. The van der Waals surface area contributed by atoms with Gasteiger partial charge in [0.2, 0.25) is 5.91 Å². The van der Waals surface area contributed by atoms with Crippen molar-refractivity contribution < 1.29 is 19.2 Å². The predicted octanol–water partition coefficient (Wildman–Crippen LogP) is 20.3. The number of hydrogen-bond donors (Lipinski definition) is 3. The van der Waals surface area contributed by atoms with Gasteiger partial charge < -0.3 is 16.0 Å². The van der Waals surface area contributed by atoms with Gasteiger partial charge in [-0.3, -0.25) is 19.2 Å². The Bertz CT molecular complexity index is 2810. The third kappa shape index (κ3) is 45.3. The van der Waals surface area contributed by atoms with Crippen molar-refractivity contribution in [3.63, 3.8) is 0 Å². The molecule has 4 heterocycles. The van der Waals surface area contributed by atoms with Gasteiger partial charge in [0.1, 0.15) is 5.78 Å². The van der Waals surface area contributed by atoms with Crippen molar-refractivity contribution in [1.82, 2.24) is 16.0 Å². The lowest BCUT2D eigenvalue weighted by atomic mass is 10.0. The van der Waals surface area contributed by atoms with E-state index >= 15 is 0 Å². The zero-order chi connectivity index (χ0) is 66.7. The van der Waals surface area contributed by atoms with Crippen LogP contribution < -0.4 is 16.0 Å². The highest BCUT2D eigenvalue weighted by Gasteiger charge is 2.35. The Labute approximate surface area is 526 Å². The molecule has 7 rings (SSSR count). The van der Waals surface area contributed by atoms with E-state index in [1.807, 2.05) is 53.7 Å². The van der Waals surface area contributed by atoms with Crippen molar-refractivity contribution in [1.29, 1.82) is 0 Å². The first-order valence-electron chi connectivity index (χ1n) is 31.2. The molecule has 0 fully saturated rings. The lowest BCUT2D eigenvalue weighted by molar-refractivity contribution is -0.121. The van der Waals surface area contributed by atoms with E-state index in [4.69, 9.17) is 22.1 Å². The summed E-state index contributed by atoms with van der Waals surface area (Å²) < 4.78 is 0. The van der Waals surface area contributed by atoms with E-state index < -0.39 is 0 Å². The Balaban J connectivity index is 0.00000101. The van der Waals surface area contributed by atoms with Gasteiger partial charge in [0.15, 0.2) is 22.7 Å². The zero-order valence-electron chi connectivity index (χ0n) is 55.0. The minimum Gasteiger partial charge on any atom is -0.356 e. The Hall–Kier alpha value is -8.62. The van der Waals surface area contributed by atoms with Crippen LogP contribution in [-0.4, -0.2) is 72.3 Å². The second-order valence-corrected chi connectivity index (χ2v) is 21.9. The van der Waals surface area contributed by atoms with Gasteiger partial charge in [-0.05, 0) is 126 Å². The zero-order valence-corrected chi connectivity index (χ0v) is 55.0. The molecule has 3 N–H and O–H groups in total. The molecular formula is C62H99N23O4. The molecule has 486 valence electrons. The molecule has 0 spiro atoms. The molecule has 27 heteroatoms. The molecule has 0 saturated carbocycles. The molecule has 0 unspecified atom stereocenters. The van der Waals surface area contributed by atoms with E-state index in [1.165, 1.54) is 44.9 Å². The van der Waals surface area contributed by atoms with Gasteiger partial charge in [0.25, 0.3) is 11.8 Å². The fourth-order valence-corrected chi connectivity index (χ4v) is 6.95. The van der Waals surface area contributed by atoms with Gasteiger partial charge >= 0.3 is 0 Å². The van der Waals surface area contributed by atoms with E-state index in [-0.39, 0.29) is 40.4 Å². The number of rotatable bonds is 31. The third-order valence-corrected chi connectivity index (χ3v) is 12.8. The largest absolute Gasteiger partial charge is 0.356 e. The minimum atomic E-state index is -0.233. The van der Waals surface area contributed by atoms with Gasteiger partial charge in [0, 0.05) is 106 Å². The number of carbonyl (C=O) groups excluding carboxylic acids is 4. The van der Waals surface area contributed by atoms with E-state index in [1.54, 1.807) is 60.7 Å². The summed E-state index contributed by atoms with van der Waals surface area (Å²) in [7, 11) is 0. The van der Waals surface area contributed by atoms with Crippen LogP contribution in [0.25, 0.3) is 41.8 Å². The normalized spacial score (nSPS) is 13.5. The van der Waals surface area contributed by atoms with Gasteiger partial charge in [-0.15, -0.1) is 0 Å². The number of benzene rings is 3. The Morgan fingerprint density at radius 3 is 1.17 bits per heavy atom. The summed E-state index contributed by atoms with van der Waals surface area (Å²) in [6.07, 6.45) is 20.4. The number of aryl methyl sites for hydroxylation is 1. The second kappa shape index (κ2) is 48.4. The molecule has 3 amide bonds. The smallest absolute Gasteiger partial charge is 0.251 e. The first-order valence-corrected chi connectivity index (χ1v) is 31.2.